The first-order chi connectivity index (χ1) is 9.79. The van der Waals surface area contributed by atoms with Gasteiger partial charge < -0.3 is 15.4 Å². The van der Waals surface area contributed by atoms with Crippen LogP contribution in [0.2, 0.25) is 0 Å². The van der Waals surface area contributed by atoms with Crippen LogP contribution in [0.3, 0.4) is 0 Å². The summed E-state index contributed by atoms with van der Waals surface area (Å²) >= 11 is 0. The minimum Gasteiger partial charge on any atom is -0.376 e. The standard InChI is InChI=1S/C14H22N4O2/c1-2-3-6-15-14(19)12-8-13(18-10-17-12)16-9-11-5-4-7-20-11/h8,10-11H,2-7,9H2,1H3,(H,15,19)(H,16,17,18). The summed E-state index contributed by atoms with van der Waals surface area (Å²) in [5.41, 5.74) is 0.394. The SMILES string of the molecule is CCCCNC(=O)c1cc(NCC2CCCO2)ncn1. The van der Waals surface area contributed by atoms with Gasteiger partial charge in [-0.05, 0) is 19.3 Å². The number of aromatic nitrogens is 2. The number of ether oxygens (including phenoxy) is 1. The number of hydrogen-bond acceptors (Lipinski definition) is 5. The van der Waals surface area contributed by atoms with Crippen LogP contribution in [0.1, 0.15) is 43.1 Å². The van der Waals surface area contributed by atoms with E-state index >= 15 is 0 Å². The summed E-state index contributed by atoms with van der Waals surface area (Å²) in [7, 11) is 0. The molecule has 0 bridgehead atoms. The minimum atomic E-state index is -0.152. The Bertz CT molecular complexity index is 433. The minimum absolute atomic E-state index is 0.152. The summed E-state index contributed by atoms with van der Waals surface area (Å²) in [6.45, 7) is 4.32. The van der Waals surface area contributed by atoms with Crippen molar-refractivity contribution in [3.8, 4) is 0 Å². The fourth-order valence-electron chi connectivity index (χ4n) is 2.07. The summed E-state index contributed by atoms with van der Waals surface area (Å²) in [4.78, 5) is 20.0. The fraction of sp³-hybridized carbons (Fsp3) is 0.643. The van der Waals surface area contributed by atoms with Gasteiger partial charge in [-0.2, -0.15) is 0 Å². The van der Waals surface area contributed by atoms with E-state index in [4.69, 9.17) is 4.74 Å². The Balaban J connectivity index is 1.84. The first-order valence-corrected chi connectivity index (χ1v) is 7.25. The molecule has 0 spiro atoms. The van der Waals surface area contributed by atoms with Crippen LogP contribution in [0.5, 0.6) is 0 Å². The lowest BCUT2D eigenvalue weighted by Gasteiger charge is -2.11. The Morgan fingerprint density at radius 3 is 3.15 bits per heavy atom. The molecule has 1 aliphatic heterocycles. The molecular formula is C14H22N4O2. The molecule has 1 fully saturated rings. The highest BCUT2D eigenvalue weighted by molar-refractivity contribution is 5.92. The molecule has 2 rings (SSSR count). The normalized spacial score (nSPS) is 17.9. The smallest absolute Gasteiger partial charge is 0.270 e. The van der Waals surface area contributed by atoms with Crippen LogP contribution >= 0.6 is 0 Å². The number of nitrogens with one attached hydrogen (secondary N) is 2. The van der Waals surface area contributed by atoms with Crippen molar-refractivity contribution in [3.05, 3.63) is 18.1 Å². The number of anilines is 1. The molecule has 6 nitrogen and oxygen atoms in total. The molecule has 1 atom stereocenters. The third-order valence-electron chi connectivity index (χ3n) is 3.25. The number of carbonyl (C=O) groups excluding carboxylic acids is 1. The topological polar surface area (TPSA) is 76.1 Å². The molecule has 0 aliphatic carbocycles. The van der Waals surface area contributed by atoms with E-state index in [0.717, 1.165) is 32.3 Å². The first kappa shape index (κ1) is 14.7. The van der Waals surface area contributed by atoms with Crippen molar-refractivity contribution in [2.45, 2.75) is 38.7 Å². The third kappa shape index (κ3) is 4.45. The molecule has 0 saturated carbocycles. The van der Waals surface area contributed by atoms with Crippen LogP contribution in [0.4, 0.5) is 5.82 Å². The largest absolute Gasteiger partial charge is 0.376 e. The molecule has 2 heterocycles. The lowest BCUT2D eigenvalue weighted by Crippen LogP contribution is -2.25. The number of unbranched alkanes of at least 4 members (excludes halogenated alkanes) is 1. The van der Waals surface area contributed by atoms with E-state index in [1.54, 1.807) is 6.07 Å². The Labute approximate surface area is 119 Å². The monoisotopic (exact) mass is 278 g/mol. The number of amides is 1. The van der Waals surface area contributed by atoms with Crippen molar-refractivity contribution >= 4 is 11.7 Å². The quantitative estimate of drug-likeness (QED) is 0.741. The van der Waals surface area contributed by atoms with Crippen molar-refractivity contribution < 1.29 is 9.53 Å². The molecule has 6 heteroatoms. The molecular weight excluding hydrogens is 256 g/mol. The van der Waals surface area contributed by atoms with Crippen LogP contribution in [0.25, 0.3) is 0 Å². The second-order valence-electron chi connectivity index (χ2n) is 4.91. The van der Waals surface area contributed by atoms with Gasteiger partial charge in [0.2, 0.25) is 0 Å². The van der Waals surface area contributed by atoms with Crippen molar-refractivity contribution in [3.63, 3.8) is 0 Å². The maximum atomic E-state index is 11.9. The Hall–Kier alpha value is -1.69. The Morgan fingerprint density at radius 1 is 1.50 bits per heavy atom. The van der Waals surface area contributed by atoms with Gasteiger partial charge >= 0.3 is 0 Å². The van der Waals surface area contributed by atoms with E-state index in [-0.39, 0.29) is 12.0 Å². The average molecular weight is 278 g/mol. The lowest BCUT2D eigenvalue weighted by molar-refractivity contribution is 0.0948. The van der Waals surface area contributed by atoms with Crippen molar-refractivity contribution in [1.29, 1.82) is 0 Å². The highest BCUT2D eigenvalue weighted by Gasteiger charge is 2.15. The zero-order valence-corrected chi connectivity index (χ0v) is 11.9. The summed E-state index contributed by atoms with van der Waals surface area (Å²) in [6, 6.07) is 1.68. The van der Waals surface area contributed by atoms with E-state index in [2.05, 4.69) is 27.5 Å². The van der Waals surface area contributed by atoms with Gasteiger partial charge in [0.25, 0.3) is 5.91 Å². The van der Waals surface area contributed by atoms with Gasteiger partial charge in [0, 0.05) is 25.8 Å². The number of hydrogen-bond donors (Lipinski definition) is 2. The van der Waals surface area contributed by atoms with Gasteiger partial charge in [0.05, 0.1) is 6.10 Å². The average Bonchev–Trinajstić information content (AvgIpc) is 2.99. The number of carbonyl (C=O) groups is 1. The van der Waals surface area contributed by atoms with Crippen LogP contribution in [0.15, 0.2) is 12.4 Å². The van der Waals surface area contributed by atoms with Crippen LogP contribution in [-0.2, 0) is 4.74 Å². The maximum Gasteiger partial charge on any atom is 0.270 e. The molecule has 1 amide bonds. The molecule has 20 heavy (non-hydrogen) atoms. The summed E-state index contributed by atoms with van der Waals surface area (Å²) in [5.74, 6) is 0.511. The molecule has 1 aromatic heterocycles. The van der Waals surface area contributed by atoms with Crippen molar-refractivity contribution in [1.82, 2.24) is 15.3 Å². The zero-order valence-electron chi connectivity index (χ0n) is 11.9. The number of rotatable bonds is 7. The highest BCUT2D eigenvalue weighted by atomic mass is 16.5. The Kier molecular flexibility index (Phi) is 5.73. The van der Waals surface area contributed by atoms with Gasteiger partial charge in [0.15, 0.2) is 0 Å². The molecule has 1 unspecified atom stereocenters. The van der Waals surface area contributed by atoms with Crippen LogP contribution in [-0.4, -0.2) is 41.7 Å². The summed E-state index contributed by atoms with van der Waals surface area (Å²) in [6.07, 6.45) is 5.86. The molecule has 1 aromatic rings. The summed E-state index contributed by atoms with van der Waals surface area (Å²) < 4.78 is 5.53. The second-order valence-corrected chi connectivity index (χ2v) is 4.91. The molecule has 1 aliphatic rings. The van der Waals surface area contributed by atoms with Crippen molar-refractivity contribution in [2.75, 3.05) is 25.0 Å². The van der Waals surface area contributed by atoms with Crippen LogP contribution in [0, 0.1) is 0 Å². The highest BCUT2D eigenvalue weighted by Crippen LogP contribution is 2.13. The summed E-state index contributed by atoms with van der Waals surface area (Å²) in [5, 5.41) is 6.04. The number of nitrogens with zero attached hydrogens (tertiary/aromatic N) is 2. The van der Waals surface area contributed by atoms with E-state index in [1.165, 1.54) is 6.33 Å². The molecule has 1 saturated heterocycles. The van der Waals surface area contributed by atoms with Gasteiger partial charge in [0.1, 0.15) is 17.8 Å². The molecule has 0 radical (unpaired) electrons. The molecule has 110 valence electrons. The fourth-order valence-corrected chi connectivity index (χ4v) is 2.07. The first-order valence-electron chi connectivity index (χ1n) is 7.25. The van der Waals surface area contributed by atoms with E-state index < -0.39 is 0 Å². The van der Waals surface area contributed by atoms with Gasteiger partial charge in [-0.15, -0.1) is 0 Å². The van der Waals surface area contributed by atoms with E-state index in [9.17, 15) is 4.79 Å². The molecule has 0 aromatic carbocycles. The Morgan fingerprint density at radius 2 is 2.40 bits per heavy atom. The maximum absolute atomic E-state index is 11.9. The van der Waals surface area contributed by atoms with Gasteiger partial charge in [-0.25, -0.2) is 9.97 Å². The van der Waals surface area contributed by atoms with Crippen molar-refractivity contribution in [2.24, 2.45) is 0 Å². The predicted molar refractivity (Wildman–Crippen MR) is 76.7 cm³/mol. The van der Waals surface area contributed by atoms with Gasteiger partial charge in [-0.1, -0.05) is 13.3 Å². The zero-order chi connectivity index (χ0) is 14.2. The third-order valence-corrected chi connectivity index (χ3v) is 3.25. The van der Waals surface area contributed by atoms with Gasteiger partial charge in [-0.3, -0.25) is 4.79 Å². The van der Waals surface area contributed by atoms with Crippen LogP contribution < -0.4 is 10.6 Å². The molecule has 2 N–H and O–H groups in total. The lowest BCUT2D eigenvalue weighted by atomic mass is 10.2. The predicted octanol–water partition coefficient (Wildman–Crippen LogP) is 1.60. The van der Waals surface area contributed by atoms with E-state index in [0.29, 0.717) is 24.6 Å². The van der Waals surface area contributed by atoms with E-state index in [1.807, 2.05) is 0 Å². The second kappa shape index (κ2) is 7.79.